The molecule has 0 saturated heterocycles. The quantitative estimate of drug-likeness (QED) is 0.815. The Kier molecular flexibility index (Phi) is 2.78. The van der Waals surface area contributed by atoms with Gasteiger partial charge in [-0.2, -0.15) is 0 Å². The number of hydrogen-bond acceptors (Lipinski definition) is 6. The van der Waals surface area contributed by atoms with Crippen molar-refractivity contribution < 1.29 is 14.3 Å². The molecule has 0 amide bonds. The molecule has 0 aliphatic rings. The van der Waals surface area contributed by atoms with Crippen LogP contribution >= 0.6 is 11.3 Å². The lowest BCUT2D eigenvalue weighted by Gasteiger charge is -1.83. The van der Waals surface area contributed by atoms with Crippen molar-refractivity contribution in [3.63, 3.8) is 0 Å². The van der Waals surface area contributed by atoms with Crippen LogP contribution in [0.15, 0.2) is 15.9 Å². The Bertz CT molecular complexity index is 544. The van der Waals surface area contributed by atoms with Gasteiger partial charge in [0.2, 0.25) is 5.89 Å². The zero-order valence-electron chi connectivity index (χ0n) is 8.25. The van der Waals surface area contributed by atoms with Crippen molar-refractivity contribution in [1.29, 1.82) is 0 Å². The van der Waals surface area contributed by atoms with Crippen molar-refractivity contribution in [2.45, 2.75) is 6.92 Å². The van der Waals surface area contributed by atoms with Crippen LogP contribution in [0.2, 0.25) is 0 Å². The Morgan fingerprint density at radius 3 is 3.00 bits per heavy atom. The fraction of sp³-hybridized carbons (Fsp3) is 0.111. The zero-order valence-corrected chi connectivity index (χ0v) is 9.06. The number of carboxylic acid groups (broad SMARTS) is 1. The zero-order chi connectivity index (χ0) is 11.5. The van der Waals surface area contributed by atoms with Gasteiger partial charge in [-0.25, -0.2) is 9.78 Å². The van der Waals surface area contributed by atoms with Gasteiger partial charge in [-0.05, 0) is 6.92 Å². The topological polar surface area (TPSA) is 89.1 Å². The molecule has 7 heteroatoms. The summed E-state index contributed by atoms with van der Waals surface area (Å²) in [5.74, 6) is -0.637. The van der Waals surface area contributed by atoms with Crippen LogP contribution in [0.5, 0.6) is 0 Å². The second-order valence-corrected chi connectivity index (χ2v) is 3.93. The van der Waals surface area contributed by atoms with Crippen LogP contribution in [0.25, 0.3) is 17.7 Å². The van der Waals surface area contributed by atoms with Crippen molar-refractivity contribution >= 4 is 23.4 Å². The van der Waals surface area contributed by atoms with E-state index in [1.165, 1.54) is 17.4 Å². The number of aliphatic carboxylic acids is 1. The molecule has 82 valence electrons. The number of aryl methyl sites for hydroxylation is 1. The van der Waals surface area contributed by atoms with Crippen LogP contribution in [0.1, 0.15) is 10.9 Å². The first-order valence-corrected chi connectivity index (χ1v) is 5.20. The molecule has 0 atom stereocenters. The van der Waals surface area contributed by atoms with E-state index < -0.39 is 5.97 Å². The normalized spacial score (nSPS) is 11.1. The number of aromatic nitrogens is 3. The van der Waals surface area contributed by atoms with E-state index >= 15 is 0 Å². The molecule has 0 saturated carbocycles. The first-order chi connectivity index (χ1) is 7.65. The standard InChI is InChI=1S/C9H7N3O3S/c1-5-10-6(4-16-5)9-12-11-7(15-9)2-3-8(13)14/h2-4H,1H3,(H,13,14)/b3-2+. The molecule has 0 bridgehead atoms. The fourth-order valence-electron chi connectivity index (χ4n) is 1.01. The second kappa shape index (κ2) is 4.23. The molecule has 0 radical (unpaired) electrons. The monoisotopic (exact) mass is 237 g/mol. The molecular weight excluding hydrogens is 230 g/mol. The Balaban J connectivity index is 2.23. The molecule has 16 heavy (non-hydrogen) atoms. The minimum atomic E-state index is -1.07. The fourth-order valence-corrected chi connectivity index (χ4v) is 1.60. The van der Waals surface area contributed by atoms with Gasteiger partial charge < -0.3 is 9.52 Å². The van der Waals surface area contributed by atoms with E-state index in [1.54, 1.807) is 5.38 Å². The van der Waals surface area contributed by atoms with E-state index in [0.29, 0.717) is 5.69 Å². The third-order valence-corrected chi connectivity index (χ3v) is 2.42. The van der Waals surface area contributed by atoms with Gasteiger partial charge >= 0.3 is 5.97 Å². The number of hydrogen-bond donors (Lipinski definition) is 1. The third kappa shape index (κ3) is 2.31. The van der Waals surface area contributed by atoms with Gasteiger partial charge in [0.1, 0.15) is 5.69 Å². The Hall–Kier alpha value is -2.02. The van der Waals surface area contributed by atoms with E-state index in [9.17, 15) is 4.79 Å². The van der Waals surface area contributed by atoms with Gasteiger partial charge in [0.25, 0.3) is 5.89 Å². The molecule has 0 aliphatic heterocycles. The largest absolute Gasteiger partial charge is 0.478 e. The molecule has 0 fully saturated rings. The van der Waals surface area contributed by atoms with E-state index in [4.69, 9.17) is 9.52 Å². The molecule has 2 heterocycles. The van der Waals surface area contributed by atoms with Crippen molar-refractivity contribution in [3.05, 3.63) is 22.4 Å². The van der Waals surface area contributed by atoms with E-state index in [2.05, 4.69) is 15.2 Å². The molecule has 6 nitrogen and oxygen atoms in total. The highest BCUT2D eigenvalue weighted by molar-refractivity contribution is 7.09. The lowest BCUT2D eigenvalue weighted by Crippen LogP contribution is -1.85. The first-order valence-electron chi connectivity index (χ1n) is 4.32. The first kappa shape index (κ1) is 10.5. The van der Waals surface area contributed by atoms with Crippen molar-refractivity contribution in [1.82, 2.24) is 15.2 Å². The summed E-state index contributed by atoms with van der Waals surface area (Å²) < 4.78 is 5.21. The summed E-state index contributed by atoms with van der Waals surface area (Å²) >= 11 is 1.48. The van der Waals surface area contributed by atoms with Gasteiger partial charge in [0, 0.05) is 17.5 Å². The Morgan fingerprint density at radius 1 is 1.56 bits per heavy atom. The van der Waals surface area contributed by atoms with Crippen molar-refractivity contribution in [2.24, 2.45) is 0 Å². The predicted octanol–water partition coefficient (Wildman–Crippen LogP) is 1.60. The molecule has 2 rings (SSSR count). The Morgan fingerprint density at radius 2 is 2.38 bits per heavy atom. The van der Waals surface area contributed by atoms with E-state index in [0.717, 1.165) is 11.1 Å². The number of rotatable bonds is 3. The molecule has 0 aliphatic carbocycles. The number of carboxylic acids is 1. The lowest BCUT2D eigenvalue weighted by molar-refractivity contribution is -0.131. The van der Waals surface area contributed by atoms with Crippen molar-refractivity contribution in [3.8, 4) is 11.6 Å². The smallest absolute Gasteiger partial charge is 0.328 e. The summed E-state index contributed by atoms with van der Waals surface area (Å²) in [5.41, 5.74) is 0.602. The second-order valence-electron chi connectivity index (χ2n) is 2.87. The summed E-state index contributed by atoms with van der Waals surface area (Å²) in [4.78, 5) is 14.4. The highest BCUT2D eigenvalue weighted by atomic mass is 32.1. The van der Waals surface area contributed by atoms with Crippen LogP contribution in [0.4, 0.5) is 0 Å². The highest BCUT2D eigenvalue weighted by Crippen LogP contribution is 2.20. The Labute approximate surface area is 94.3 Å². The summed E-state index contributed by atoms with van der Waals surface area (Å²) in [6.45, 7) is 1.87. The number of carbonyl (C=O) groups is 1. The van der Waals surface area contributed by atoms with Gasteiger partial charge in [-0.1, -0.05) is 0 Å². The molecule has 2 aromatic heterocycles. The predicted molar refractivity (Wildman–Crippen MR) is 56.8 cm³/mol. The van der Waals surface area contributed by atoms with Crippen LogP contribution in [-0.2, 0) is 4.79 Å². The van der Waals surface area contributed by atoms with Crippen molar-refractivity contribution in [2.75, 3.05) is 0 Å². The van der Waals surface area contributed by atoms with Crippen LogP contribution in [-0.4, -0.2) is 26.3 Å². The summed E-state index contributed by atoms with van der Waals surface area (Å²) in [6.07, 6.45) is 2.17. The average molecular weight is 237 g/mol. The number of nitrogens with zero attached hydrogens (tertiary/aromatic N) is 3. The van der Waals surface area contributed by atoms with Gasteiger partial charge in [-0.3, -0.25) is 0 Å². The van der Waals surface area contributed by atoms with Crippen LogP contribution in [0.3, 0.4) is 0 Å². The maximum atomic E-state index is 10.3. The van der Waals surface area contributed by atoms with E-state index in [1.807, 2.05) is 6.92 Å². The minimum absolute atomic E-state index is 0.142. The maximum absolute atomic E-state index is 10.3. The van der Waals surface area contributed by atoms with E-state index in [-0.39, 0.29) is 11.8 Å². The molecule has 0 aromatic carbocycles. The summed E-state index contributed by atoms with van der Waals surface area (Å²) in [5, 5.41) is 18.5. The molecule has 0 unspecified atom stereocenters. The third-order valence-electron chi connectivity index (χ3n) is 1.65. The molecule has 1 N–H and O–H groups in total. The van der Waals surface area contributed by atoms with Crippen LogP contribution in [0, 0.1) is 6.92 Å². The molecule has 2 aromatic rings. The lowest BCUT2D eigenvalue weighted by atomic mass is 10.5. The SMILES string of the molecule is Cc1nc(-c2nnc(/C=C/C(=O)O)o2)cs1. The summed E-state index contributed by atoms with van der Waals surface area (Å²) in [6, 6.07) is 0. The average Bonchev–Trinajstić information content (AvgIpc) is 2.83. The highest BCUT2D eigenvalue weighted by Gasteiger charge is 2.09. The van der Waals surface area contributed by atoms with Gasteiger partial charge in [-0.15, -0.1) is 21.5 Å². The molecular formula is C9H7N3O3S. The van der Waals surface area contributed by atoms with Crippen LogP contribution < -0.4 is 0 Å². The summed E-state index contributed by atoms with van der Waals surface area (Å²) in [7, 11) is 0. The molecule has 0 spiro atoms. The maximum Gasteiger partial charge on any atom is 0.328 e. The number of thiazole rings is 1. The van der Waals surface area contributed by atoms with Gasteiger partial charge in [0.15, 0.2) is 0 Å². The minimum Gasteiger partial charge on any atom is -0.478 e. The van der Waals surface area contributed by atoms with Gasteiger partial charge in [0.05, 0.1) is 5.01 Å².